The van der Waals surface area contributed by atoms with Crippen LogP contribution in [0.3, 0.4) is 0 Å². The Balaban J connectivity index is 3.20. The van der Waals surface area contributed by atoms with Gasteiger partial charge in [-0.2, -0.15) is 0 Å². The zero-order valence-electron chi connectivity index (χ0n) is 5.70. The summed E-state index contributed by atoms with van der Waals surface area (Å²) in [5, 5.41) is 2.95. The molecule has 0 saturated heterocycles. The maximum absolute atomic E-state index is 10.8. The molecule has 0 aromatic carbocycles. The Bertz CT molecular complexity index is 322. The highest BCUT2D eigenvalue weighted by atomic mass is 32.2. The van der Waals surface area contributed by atoms with E-state index in [2.05, 4.69) is 15.1 Å². The van der Waals surface area contributed by atoms with Crippen molar-refractivity contribution >= 4 is 17.4 Å². The zero-order valence-corrected chi connectivity index (χ0v) is 6.51. The summed E-state index contributed by atoms with van der Waals surface area (Å²) >= 11 is 1.29. The number of aromatic nitrogens is 2. The Morgan fingerprint density at radius 2 is 2.45 bits per heavy atom. The number of nitrogens with zero attached hydrogens (tertiary/aromatic N) is 2. The fraction of sp³-hybridized carbons (Fsp3) is 0.200. The fourth-order valence-electron chi connectivity index (χ4n) is 0.541. The topological polar surface area (TPSA) is 75.2 Å². The smallest absolute Gasteiger partial charge is 0.281 e. The van der Waals surface area contributed by atoms with E-state index in [4.69, 9.17) is 0 Å². The average molecular weight is 171 g/mol. The van der Waals surface area contributed by atoms with E-state index < -0.39 is 5.56 Å². The SMILES string of the molecule is CSc1ncc(N=O)c(=O)[nH]1. The molecule has 1 N–H and O–H groups in total. The molecule has 1 heterocycles. The minimum atomic E-state index is -0.501. The number of rotatable bonds is 2. The maximum atomic E-state index is 10.8. The maximum Gasteiger partial charge on any atom is 0.281 e. The Morgan fingerprint density at radius 1 is 1.73 bits per heavy atom. The summed E-state index contributed by atoms with van der Waals surface area (Å²) in [5.74, 6) is 0. The molecule has 0 spiro atoms. The van der Waals surface area contributed by atoms with Crippen LogP contribution in [0.4, 0.5) is 5.69 Å². The Labute approximate surface area is 66.2 Å². The summed E-state index contributed by atoms with van der Waals surface area (Å²) in [7, 11) is 0. The van der Waals surface area contributed by atoms with E-state index in [1.165, 1.54) is 11.8 Å². The molecule has 0 atom stereocenters. The lowest BCUT2D eigenvalue weighted by Crippen LogP contribution is -2.06. The van der Waals surface area contributed by atoms with Crippen LogP contribution >= 0.6 is 11.8 Å². The van der Waals surface area contributed by atoms with E-state index in [-0.39, 0.29) is 5.69 Å². The minimum Gasteiger partial charge on any atom is -0.300 e. The first kappa shape index (κ1) is 7.93. The van der Waals surface area contributed by atoms with Crippen LogP contribution in [0.25, 0.3) is 0 Å². The molecular weight excluding hydrogens is 166 g/mol. The molecule has 11 heavy (non-hydrogen) atoms. The second kappa shape index (κ2) is 3.29. The summed E-state index contributed by atoms with van der Waals surface area (Å²) in [6.07, 6.45) is 2.92. The first-order chi connectivity index (χ1) is 5.27. The average Bonchev–Trinajstić information content (AvgIpc) is 2.04. The number of nitroso groups, excluding NO2 is 1. The van der Waals surface area contributed by atoms with Crippen molar-refractivity contribution < 1.29 is 0 Å². The minimum absolute atomic E-state index is 0.192. The van der Waals surface area contributed by atoms with Crippen molar-refractivity contribution in [1.29, 1.82) is 0 Å². The Morgan fingerprint density at radius 3 is 2.91 bits per heavy atom. The summed E-state index contributed by atoms with van der Waals surface area (Å²) in [6.45, 7) is 0. The number of hydrogen-bond donors (Lipinski definition) is 1. The number of H-pyrrole nitrogens is 1. The summed E-state index contributed by atoms with van der Waals surface area (Å²) < 4.78 is 0. The first-order valence-electron chi connectivity index (χ1n) is 2.74. The molecule has 0 aliphatic heterocycles. The van der Waals surface area contributed by atoms with E-state index in [1.807, 2.05) is 0 Å². The number of aromatic amines is 1. The van der Waals surface area contributed by atoms with Crippen LogP contribution in [0.2, 0.25) is 0 Å². The molecule has 0 fully saturated rings. The van der Waals surface area contributed by atoms with Crippen molar-refractivity contribution in [3.8, 4) is 0 Å². The third-order valence-electron chi connectivity index (χ3n) is 1.05. The molecule has 0 aliphatic rings. The molecule has 0 unspecified atom stereocenters. The molecule has 1 aromatic rings. The van der Waals surface area contributed by atoms with Gasteiger partial charge in [0, 0.05) is 0 Å². The molecule has 1 aromatic heterocycles. The molecule has 58 valence electrons. The quantitative estimate of drug-likeness (QED) is 0.407. The number of hydrogen-bond acceptors (Lipinski definition) is 5. The van der Waals surface area contributed by atoms with Gasteiger partial charge in [-0.3, -0.25) is 9.78 Å². The lowest BCUT2D eigenvalue weighted by Gasteiger charge is -1.92. The predicted molar refractivity (Wildman–Crippen MR) is 42.1 cm³/mol. The molecule has 0 radical (unpaired) electrons. The van der Waals surface area contributed by atoms with Crippen LogP contribution in [-0.4, -0.2) is 16.2 Å². The van der Waals surface area contributed by atoms with Crippen molar-refractivity contribution in [3.63, 3.8) is 0 Å². The second-order valence-corrected chi connectivity index (χ2v) is 2.49. The highest BCUT2D eigenvalue weighted by Gasteiger charge is 1.99. The number of thioether (sulfide) groups is 1. The molecule has 5 nitrogen and oxygen atoms in total. The van der Waals surface area contributed by atoms with Gasteiger partial charge in [-0.15, -0.1) is 4.91 Å². The summed E-state index contributed by atoms with van der Waals surface area (Å²) in [6, 6.07) is 0. The van der Waals surface area contributed by atoms with Gasteiger partial charge in [-0.05, 0) is 11.4 Å². The third kappa shape index (κ3) is 1.64. The summed E-state index contributed by atoms with van der Waals surface area (Å²) in [5.41, 5.74) is -0.692. The van der Waals surface area contributed by atoms with E-state index in [1.54, 1.807) is 6.26 Å². The molecule has 6 heteroatoms. The monoisotopic (exact) mass is 171 g/mol. The van der Waals surface area contributed by atoms with E-state index in [0.717, 1.165) is 6.20 Å². The lowest BCUT2D eigenvalue weighted by molar-refractivity contribution is 0.938. The predicted octanol–water partition coefficient (Wildman–Crippen LogP) is 0.890. The van der Waals surface area contributed by atoms with Gasteiger partial charge in [-0.1, -0.05) is 11.8 Å². The van der Waals surface area contributed by atoms with Crippen molar-refractivity contribution in [2.45, 2.75) is 5.16 Å². The van der Waals surface area contributed by atoms with Crippen molar-refractivity contribution in [2.75, 3.05) is 6.26 Å². The van der Waals surface area contributed by atoms with E-state index >= 15 is 0 Å². The van der Waals surface area contributed by atoms with Crippen LogP contribution < -0.4 is 5.56 Å². The van der Waals surface area contributed by atoms with Crippen LogP contribution in [0.15, 0.2) is 21.3 Å². The third-order valence-corrected chi connectivity index (χ3v) is 1.64. The normalized spacial score (nSPS) is 9.55. The highest BCUT2D eigenvalue weighted by molar-refractivity contribution is 7.98. The molecule has 0 saturated carbocycles. The van der Waals surface area contributed by atoms with Crippen LogP contribution in [0.5, 0.6) is 0 Å². The standard InChI is InChI=1S/C5H5N3O2S/c1-11-5-6-2-3(8-10)4(9)7-5/h2H,1H3,(H,6,7,9). The van der Waals surface area contributed by atoms with Crippen LogP contribution in [0.1, 0.15) is 0 Å². The Kier molecular flexibility index (Phi) is 2.37. The van der Waals surface area contributed by atoms with Crippen molar-refractivity contribution in [2.24, 2.45) is 5.18 Å². The van der Waals surface area contributed by atoms with E-state index in [9.17, 15) is 9.70 Å². The second-order valence-electron chi connectivity index (χ2n) is 1.70. The van der Waals surface area contributed by atoms with Gasteiger partial charge in [0.15, 0.2) is 10.8 Å². The van der Waals surface area contributed by atoms with Gasteiger partial charge in [0.25, 0.3) is 5.56 Å². The van der Waals surface area contributed by atoms with Gasteiger partial charge < -0.3 is 0 Å². The van der Waals surface area contributed by atoms with Gasteiger partial charge in [0.1, 0.15) is 0 Å². The van der Waals surface area contributed by atoms with Gasteiger partial charge in [0.05, 0.1) is 6.20 Å². The lowest BCUT2D eigenvalue weighted by atomic mass is 10.6. The van der Waals surface area contributed by atoms with E-state index in [0.29, 0.717) is 5.16 Å². The van der Waals surface area contributed by atoms with Gasteiger partial charge in [0.2, 0.25) is 0 Å². The molecule has 1 rings (SSSR count). The fourth-order valence-corrected chi connectivity index (χ4v) is 0.893. The number of nitrogens with one attached hydrogen (secondary N) is 1. The first-order valence-corrected chi connectivity index (χ1v) is 3.97. The Hall–Kier alpha value is -1.17. The van der Waals surface area contributed by atoms with Crippen molar-refractivity contribution in [1.82, 2.24) is 9.97 Å². The zero-order chi connectivity index (χ0) is 8.27. The molecule has 0 aliphatic carbocycles. The van der Waals surface area contributed by atoms with Crippen LogP contribution in [-0.2, 0) is 0 Å². The van der Waals surface area contributed by atoms with Gasteiger partial charge >= 0.3 is 0 Å². The largest absolute Gasteiger partial charge is 0.300 e. The molecular formula is C5H5N3O2S. The highest BCUT2D eigenvalue weighted by Crippen LogP contribution is 2.07. The van der Waals surface area contributed by atoms with Gasteiger partial charge in [-0.25, -0.2) is 4.98 Å². The molecule has 0 amide bonds. The molecule has 0 bridgehead atoms. The van der Waals surface area contributed by atoms with Crippen LogP contribution in [0, 0.1) is 4.91 Å². The summed E-state index contributed by atoms with van der Waals surface area (Å²) in [4.78, 5) is 26.9. The van der Waals surface area contributed by atoms with Crippen molar-refractivity contribution in [3.05, 3.63) is 21.5 Å².